The highest BCUT2D eigenvalue weighted by Crippen LogP contribution is 2.54. The molecule has 4 bridgehead atoms. The Hall–Kier alpha value is -3.70. The molecule has 0 aromatic heterocycles. The molecule has 6 rings (SSSR count). The molecule has 2 aromatic rings. The number of rotatable bonds is 9. The Balaban J connectivity index is 1.33. The van der Waals surface area contributed by atoms with Gasteiger partial charge in [0.15, 0.2) is 0 Å². The third kappa shape index (κ3) is 8.20. The third-order valence-electron chi connectivity index (χ3n) is 9.98. The fourth-order valence-corrected chi connectivity index (χ4v) is 8.30. The summed E-state index contributed by atoms with van der Waals surface area (Å²) in [6.07, 6.45) is 1.04. The first-order chi connectivity index (χ1) is 23.0. The molecule has 4 fully saturated rings. The number of nitrogens with one attached hydrogen (secondary N) is 4. The lowest BCUT2D eigenvalue weighted by Crippen LogP contribution is -2.76. The number of carbonyl (C=O) groups excluding carboxylic acids is 3. The number of carbonyl (C=O) groups is 3. The number of hydrogen-bond donors (Lipinski definition) is 4. The van der Waals surface area contributed by atoms with Gasteiger partial charge in [-0.1, -0.05) is 56.3 Å². The molecule has 3 aliphatic heterocycles. The fourth-order valence-electron chi connectivity index (χ4n) is 8.30. The Kier molecular flexibility index (Phi) is 10.6. The van der Waals surface area contributed by atoms with Crippen LogP contribution in [-0.4, -0.2) is 82.8 Å². The van der Waals surface area contributed by atoms with Crippen LogP contribution in [0.1, 0.15) is 80.2 Å². The number of amides is 3. The van der Waals surface area contributed by atoms with Crippen molar-refractivity contribution in [2.45, 2.75) is 104 Å². The van der Waals surface area contributed by atoms with Crippen LogP contribution in [0.15, 0.2) is 42.5 Å². The molecule has 4 aliphatic rings. The molecule has 49 heavy (non-hydrogen) atoms. The molecule has 0 spiro atoms. The molecule has 3 heterocycles. The number of benzene rings is 2. The van der Waals surface area contributed by atoms with Crippen LogP contribution in [0, 0.1) is 29.1 Å². The van der Waals surface area contributed by atoms with E-state index in [-0.39, 0.29) is 24.4 Å². The van der Waals surface area contributed by atoms with Gasteiger partial charge < -0.3 is 20.1 Å². The summed E-state index contributed by atoms with van der Waals surface area (Å²) in [4.78, 5) is 43.8. The fraction of sp³-hybridized carbons (Fsp3) is 0.632. The van der Waals surface area contributed by atoms with Crippen LogP contribution >= 0.6 is 0 Å². The second-order valence-corrected chi connectivity index (χ2v) is 16.5. The van der Waals surface area contributed by atoms with Gasteiger partial charge in [0.2, 0.25) is 11.9 Å². The molecule has 4 N–H and O–H groups in total. The summed E-state index contributed by atoms with van der Waals surface area (Å²) in [6, 6.07) is 14.5. The minimum Gasteiger partial charge on any atom is -0.444 e. The minimum absolute atomic E-state index is 0.00855. The maximum absolute atomic E-state index is 14.5. The SMILES string of the molecule is CC(C)CC1C2CNC3(C(=O)NCc4cccc5ccccc45)C(C2)CN(CCCN(C(=N)NC(=O)OC(C)(C)C)C(=O)OC(C)(C)C)[C@@H]13. The minimum atomic E-state index is -0.811. The van der Waals surface area contributed by atoms with Gasteiger partial charge in [-0.3, -0.25) is 20.4 Å². The zero-order valence-electron chi connectivity index (χ0n) is 30.5. The van der Waals surface area contributed by atoms with Crippen LogP contribution in [-0.2, 0) is 20.8 Å². The molecular weight excluding hydrogens is 620 g/mol. The van der Waals surface area contributed by atoms with Crippen LogP contribution in [0.25, 0.3) is 10.8 Å². The third-order valence-corrected chi connectivity index (χ3v) is 9.98. The lowest BCUT2D eigenvalue weighted by Gasteiger charge is -2.56. The molecule has 3 saturated heterocycles. The predicted molar refractivity (Wildman–Crippen MR) is 191 cm³/mol. The van der Waals surface area contributed by atoms with Crippen molar-refractivity contribution in [1.82, 2.24) is 25.8 Å². The van der Waals surface area contributed by atoms with Gasteiger partial charge in [-0.05, 0) is 101 Å². The predicted octanol–water partition coefficient (Wildman–Crippen LogP) is 5.87. The highest BCUT2D eigenvalue weighted by Gasteiger charge is 2.67. The monoisotopic (exact) mass is 676 g/mol. The quantitative estimate of drug-likeness (QED) is 0.193. The van der Waals surface area contributed by atoms with Crippen molar-refractivity contribution in [1.29, 1.82) is 5.41 Å². The van der Waals surface area contributed by atoms with Crippen molar-refractivity contribution < 1.29 is 23.9 Å². The largest absolute Gasteiger partial charge is 0.444 e. The molecule has 0 radical (unpaired) electrons. The van der Waals surface area contributed by atoms with Crippen molar-refractivity contribution in [2.24, 2.45) is 23.7 Å². The molecular formula is C38H56N6O5. The van der Waals surface area contributed by atoms with Gasteiger partial charge in [-0.25, -0.2) is 14.5 Å². The first-order valence-corrected chi connectivity index (χ1v) is 17.8. The number of nitrogens with zero attached hydrogens (tertiary/aromatic N) is 2. The van der Waals surface area contributed by atoms with Crippen LogP contribution in [0.2, 0.25) is 0 Å². The van der Waals surface area contributed by atoms with E-state index >= 15 is 0 Å². The Morgan fingerprint density at radius 1 is 1.04 bits per heavy atom. The van der Waals surface area contributed by atoms with Gasteiger partial charge in [0.05, 0.1) is 0 Å². The summed E-state index contributed by atoms with van der Waals surface area (Å²) in [5.74, 6) is 1.18. The van der Waals surface area contributed by atoms with E-state index in [2.05, 4.69) is 59.0 Å². The maximum Gasteiger partial charge on any atom is 0.417 e. The van der Waals surface area contributed by atoms with E-state index in [9.17, 15) is 14.4 Å². The molecule has 268 valence electrons. The molecule has 5 atom stereocenters. The van der Waals surface area contributed by atoms with Gasteiger partial charge in [-0.2, -0.15) is 0 Å². The number of fused-ring (bicyclic) bond motifs is 2. The Morgan fingerprint density at radius 2 is 1.73 bits per heavy atom. The second-order valence-electron chi connectivity index (χ2n) is 16.5. The van der Waals surface area contributed by atoms with Crippen LogP contribution in [0.3, 0.4) is 0 Å². The summed E-state index contributed by atoms with van der Waals surface area (Å²) in [5.41, 5.74) is -1.14. The summed E-state index contributed by atoms with van der Waals surface area (Å²) < 4.78 is 10.9. The Morgan fingerprint density at radius 3 is 2.43 bits per heavy atom. The number of piperidine rings is 2. The smallest absolute Gasteiger partial charge is 0.417 e. The second kappa shape index (κ2) is 14.3. The maximum atomic E-state index is 14.5. The number of likely N-dealkylation sites (tertiary alicyclic amines) is 1. The standard InChI is InChI=1S/C38H56N6O5/c1-24(2)19-30-27-20-28-23-43(17-12-18-44(35(47)49-37(6,7)8)33(39)42-34(46)48-36(3,4)5)31(30)38(28,41-22-27)32(45)40-21-26-15-11-14-25-13-9-10-16-29(25)26/h9-11,13-16,24,27-28,30-31,41H,12,17-23H2,1-8H3,(H,40,45)(H2,39,42,46)/t27?,28?,30?,31-,38?/m0/s1. The van der Waals surface area contributed by atoms with E-state index in [4.69, 9.17) is 14.9 Å². The summed E-state index contributed by atoms with van der Waals surface area (Å²) in [7, 11) is 0. The summed E-state index contributed by atoms with van der Waals surface area (Å²) in [6.45, 7) is 17.9. The van der Waals surface area contributed by atoms with Gasteiger partial charge in [0.1, 0.15) is 16.7 Å². The van der Waals surface area contributed by atoms with Gasteiger partial charge in [-0.15, -0.1) is 0 Å². The van der Waals surface area contributed by atoms with Crippen LogP contribution < -0.4 is 16.0 Å². The van der Waals surface area contributed by atoms with Gasteiger partial charge >= 0.3 is 12.2 Å². The van der Waals surface area contributed by atoms with Gasteiger partial charge in [0, 0.05) is 38.1 Å². The normalized spacial score (nSPS) is 24.9. The topological polar surface area (TPSA) is 136 Å². The Bertz CT molecular complexity index is 1540. The molecule has 1 aliphatic carbocycles. The molecule has 4 unspecified atom stereocenters. The van der Waals surface area contributed by atoms with E-state index in [0.29, 0.717) is 37.3 Å². The average molecular weight is 677 g/mol. The lowest BCUT2D eigenvalue weighted by atomic mass is 9.58. The number of ether oxygens (including phenoxy) is 2. The molecule has 2 aromatic carbocycles. The van der Waals surface area contributed by atoms with Crippen molar-refractivity contribution in [2.75, 3.05) is 26.2 Å². The first-order valence-electron chi connectivity index (χ1n) is 17.8. The highest BCUT2D eigenvalue weighted by molar-refractivity contribution is 5.99. The van der Waals surface area contributed by atoms with Crippen molar-refractivity contribution in [3.05, 3.63) is 48.0 Å². The number of guanidine groups is 1. The van der Waals surface area contributed by atoms with Crippen molar-refractivity contribution >= 4 is 34.8 Å². The molecule has 11 heteroatoms. The van der Waals surface area contributed by atoms with Crippen molar-refractivity contribution in [3.63, 3.8) is 0 Å². The van der Waals surface area contributed by atoms with E-state index in [1.807, 2.05) is 18.2 Å². The highest BCUT2D eigenvalue weighted by atomic mass is 16.6. The van der Waals surface area contributed by atoms with E-state index in [1.54, 1.807) is 41.5 Å². The lowest BCUT2D eigenvalue weighted by molar-refractivity contribution is -0.139. The Labute approximate surface area is 291 Å². The summed E-state index contributed by atoms with van der Waals surface area (Å²) in [5, 5.41) is 20.4. The van der Waals surface area contributed by atoms with E-state index in [0.717, 1.165) is 47.2 Å². The first kappa shape index (κ1) is 36.6. The van der Waals surface area contributed by atoms with E-state index < -0.39 is 34.9 Å². The van der Waals surface area contributed by atoms with Crippen molar-refractivity contribution in [3.8, 4) is 0 Å². The summed E-state index contributed by atoms with van der Waals surface area (Å²) >= 11 is 0. The zero-order chi connectivity index (χ0) is 35.7. The van der Waals surface area contributed by atoms with E-state index in [1.165, 1.54) is 0 Å². The van der Waals surface area contributed by atoms with Crippen LogP contribution in [0.4, 0.5) is 9.59 Å². The van der Waals surface area contributed by atoms with Gasteiger partial charge in [0.25, 0.3) is 0 Å². The number of hydrogen-bond acceptors (Lipinski definition) is 8. The molecule has 1 saturated carbocycles. The molecule has 11 nitrogen and oxygen atoms in total. The number of alkyl carbamates (subject to hydrolysis) is 1. The zero-order valence-corrected chi connectivity index (χ0v) is 30.5. The average Bonchev–Trinajstić information content (AvgIpc) is 3.26. The van der Waals surface area contributed by atoms with Crippen LogP contribution in [0.5, 0.6) is 0 Å². The molecule has 3 amide bonds.